The third kappa shape index (κ3) is 1.97. The Hall–Kier alpha value is -0.610. The SMILES string of the molecule is NCCC(=O)NC1COC1. The summed E-state index contributed by atoms with van der Waals surface area (Å²) in [4.78, 5) is 10.8. The Labute approximate surface area is 59.7 Å². The fraction of sp³-hybridized carbons (Fsp3) is 0.833. The molecule has 10 heavy (non-hydrogen) atoms. The molecule has 1 heterocycles. The minimum atomic E-state index is 0.0239. The first-order valence-electron chi connectivity index (χ1n) is 3.40. The van der Waals surface area contributed by atoms with E-state index in [0.29, 0.717) is 26.2 Å². The van der Waals surface area contributed by atoms with Gasteiger partial charge in [-0.15, -0.1) is 0 Å². The van der Waals surface area contributed by atoms with Gasteiger partial charge in [-0.25, -0.2) is 0 Å². The molecule has 58 valence electrons. The van der Waals surface area contributed by atoms with E-state index in [9.17, 15) is 4.79 Å². The molecule has 3 N–H and O–H groups in total. The molecule has 1 aliphatic rings. The average Bonchev–Trinajstić information content (AvgIpc) is 1.80. The van der Waals surface area contributed by atoms with Gasteiger partial charge in [-0.2, -0.15) is 0 Å². The van der Waals surface area contributed by atoms with E-state index in [4.69, 9.17) is 10.5 Å². The number of amides is 1. The molecule has 1 saturated heterocycles. The monoisotopic (exact) mass is 144 g/mol. The Balaban J connectivity index is 2.05. The molecular formula is C6H12N2O2. The summed E-state index contributed by atoms with van der Waals surface area (Å²) in [5, 5.41) is 2.77. The second-order valence-corrected chi connectivity index (χ2v) is 2.34. The smallest absolute Gasteiger partial charge is 0.221 e. The van der Waals surface area contributed by atoms with Crippen LogP contribution in [0.15, 0.2) is 0 Å². The van der Waals surface area contributed by atoms with E-state index in [1.165, 1.54) is 0 Å². The number of nitrogens with two attached hydrogens (primary N) is 1. The summed E-state index contributed by atoms with van der Waals surface area (Å²) >= 11 is 0. The number of rotatable bonds is 3. The molecule has 0 aromatic carbocycles. The van der Waals surface area contributed by atoms with Gasteiger partial charge in [0.15, 0.2) is 0 Å². The third-order valence-corrected chi connectivity index (χ3v) is 1.37. The predicted molar refractivity (Wildman–Crippen MR) is 36.4 cm³/mol. The van der Waals surface area contributed by atoms with Gasteiger partial charge in [0, 0.05) is 13.0 Å². The maximum Gasteiger partial charge on any atom is 0.221 e. The van der Waals surface area contributed by atoms with Gasteiger partial charge in [-0.3, -0.25) is 4.79 Å². The van der Waals surface area contributed by atoms with Crippen molar-refractivity contribution in [1.29, 1.82) is 0 Å². The fourth-order valence-electron chi connectivity index (χ4n) is 0.750. The van der Waals surface area contributed by atoms with Crippen LogP contribution < -0.4 is 11.1 Å². The van der Waals surface area contributed by atoms with Gasteiger partial charge in [0.25, 0.3) is 0 Å². The Kier molecular flexibility index (Phi) is 2.65. The summed E-state index contributed by atoms with van der Waals surface area (Å²) in [6, 6.07) is 0.235. The molecule has 1 aliphatic heterocycles. The lowest BCUT2D eigenvalue weighted by Gasteiger charge is -2.26. The molecule has 0 saturated carbocycles. The maximum atomic E-state index is 10.8. The van der Waals surface area contributed by atoms with Crippen molar-refractivity contribution in [1.82, 2.24) is 5.32 Å². The van der Waals surface area contributed by atoms with E-state index in [2.05, 4.69) is 5.32 Å². The van der Waals surface area contributed by atoms with Crippen molar-refractivity contribution < 1.29 is 9.53 Å². The summed E-state index contributed by atoms with van der Waals surface area (Å²) in [5.74, 6) is 0.0239. The number of ether oxygens (including phenoxy) is 1. The molecule has 0 spiro atoms. The summed E-state index contributed by atoms with van der Waals surface area (Å²) in [6.45, 7) is 1.71. The first-order valence-corrected chi connectivity index (χ1v) is 3.40. The van der Waals surface area contributed by atoms with Gasteiger partial charge in [0.05, 0.1) is 19.3 Å². The maximum absolute atomic E-state index is 10.8. The molecule has 0 bridgehead atoms. The van der Waals surface area contributed by atoms with E-state index < -0.39 is 0 Å². The van der Waals surface area contributed by atoms with Crippen molar-refractivity contribution in [2.24, 2.45) is 5.73 Å². The standard InChI is InChI=1S/C6H12N2O2/c7-2-1-6(9)8-5-3-10-4-5/h5H,1-4,7H2,(H,8,9). The van der Waals surface area contributed by atoms with Crippen LogP contribution in [-0.2, 0) is 9.53 Å². The molecule has 0 aromatic rings. The second kappa shape index (κ2) is 3.53. The lowest BCUT2D eigenvalue weighted by Crippen LogP contribution is -2.48. The summed E-state index contributed by atoms with van der Waals surface area (Å²) < 4.78 is 4.87. The minimum absolute atomic E-state index is 0.0239. The van der Waals surface area contributed by atoms with Crippen LogP contribution >= 0.6 is 0 Å². The first-order chi connectivity index (χ1) is 4.83. The largest absolute Gasteiger partial charge is 0.377 e. The highest BCUT2D eigenvalue weighted by Crippen LogP contribution is 1.98. The fourth-order valence-corrected chi connectivity index (χ4v) is 0.750. The summed E-state index contributed by atoms with van der Waals surface area (Å²) in [6.07, 6.45) is 0.413. The zero-order chi connectivity index (χ0) is 7.40. The Morgan fingerprint density at radius 2 is 2.40 bits per heavy atom. The molecule has 1 rings (SSSR count). The molecule has 1 fully saturated rings. The molecular weight excluding hydrogens is 132 g/mol. The highest BCUT2D eigenvalue weighted by Gasteiger charge is 2.19. The number of hydrogen-bond acceptors (Lipinski definition) is 3. The number of nitrogens with one attached hydrogen (secondary N) is 1. The summed E-state index contributed by atoms with van der Waals surface area (Å²) in [5.41, 5.74) is 5.17. The van der Waals surface area contributed by atoms with Crippen molar-refractivity contribution in [2.75, 3.05) is 19.8 Å². The van der Waals surface area contributed by atoms with Crippen LogP contribution in [0.1, 0.15) is 6.42 Å². The molecule has 0 atom stereocenters. The molecule has 1 amide bonds. The van der Waals surface area contributed by atoms with Gasteiger partial charge < -0.3 is 15.8 Å². The van der Waals surface area contributed by atoms with Gasteiger partial charge in [0.1, 0.15) is 0 Å². The third-order valence-electron chi connectivity index (χ3n) is 1.37. The van der Waals surface area contributed by atoms with Gasteiger partial charge >= 0.3 is 0 Å². The highest BCUT2D eigenvalue weighted by atomic mass is 16.5. The van der Waals surface area contributed by atoms with Crippen LogP contribution in [0.2, 0.25) is 0 Å². The first kappa shape index (κ1) is 7.50. The van der Waals surface area contributed by atoms with Crippen LogP contribution in [0.3, 0.4) is 0 Å². The van der Waals surface area contributed by atoms with E-state index in [1.807, 2.05) is 0 Å². The predicted octanol–water partition coefficient (Wildman–Crippen LogP) is -1.15. The van der Waals surface area contributed by atoms with E-state index in [0.717, 1.165) is 0 Å². The molecule has 0 aliphatic carbocycles. The van der Waals surface area contributed by atoms with Crippen LogP contribution in [0.4, 0.5) is 0 Å². The quantitative estimate of drug-likeness (QED) is 0.525. The lowest BCUT2D eigenvalue weighted by molar-refractivity contribution is -0.125. The highest BCUT2D eigenvalue weighted by molar-refractivity contribution is 5.76. The lowest BCUT2D eigenvalue weighted by atomic mass is 10.2. The van der Waals surface area contributed by atoms with Crippen LogP contribution in [-0.4, -0.2) is 31.7 Å². The van der Waals surface area contributed by atoms with Crippen molar-refractivity contribution >= 4 is 5.91 Å². The van der Waals surface area contributed by atoms with E-state index in [-0.39, 0.29) is 11.9 Å². The van der Waals surface area contributed by atoms with Crippen molar-refractivity contribution in [3.63, 3.8) is 0 Å². The van der Waals surface area contributed by atoms with E-state index >= 15 is 0 Å². The second-order valence-electron chi connectivity index (χ2n) is 2.34. The number of carbonyl (C=O) groups is 1. The topological polar surface area (TPSA) is 64.4 Å². The number of hydrogen-bond donors (Lipinski definition) is 2. The van der Waals surface area contributed by atoms with Crippen LogP contribution in [0.5, 0.6) is 0 Å². The molecule has 0 radical (unpaired) electrons. The molecule has 4 nitrogen and oxygen atoms in total. The average molecular weight is 144 g/mol. The Bertz CT molecular complexity index is 123. The van der Waals surface area contributed by atoms with Crippen molar-refractivity contribution in [2.45, 2.75) is 12.5 Å². The van der Waals surface area contributed by atoms with Crippen LogP contribution in [0, 0.1) is 0 Å². The Morgan fingerprint density at radius 3 is 2.80 bits per heavy atom. The van der Waals surface area contributed by atoms with Crippen molar-refractivity contribution in [3.05, 3.63) is 0 Å². The summed E-state index contributed by atoms with van der Waals surface area (Å²) in [7, 11) is 0. The van der Waals surface area contributed by atoms with Gasteiger partial charge in [-0.1, -0.05) is 0 Å². The minimum Gasteiger partial charge on any atom is -0.377 e. The zero-order valence-electron chi connectivity index (χ0n) is 5.80. The molecule has 0 unspecified atom stereocenters. The molecule has 4 heteroatoms. The normalized spacial score (nSPS) is 18.1. The van der Waals surface area contributed by atoms with Crippen LogP contribution in [0.25, 0.3) is 0 Å². The molecule has 0 aromatic heterocycles. The van der Waals surface area contributed by atoms with Gasteiger partial charge in [0.2, 0.25) is 5.91 Å². The number of carbonyl (C=O) groups excluding carboxylic acids is 1. The van der Waals surface area contributed by atoms with E-state index in [1.54, 1.807) is 0 Å². The Morgan fingerprint density at radius 1 is 1.70 bits per heavy atom. The van der Waals surface area contributed by atoms with Gasteiger partial charge in [-0.05, 0) is 0 Å². The van der Waals surface area contributed by atoms with Crippen molar-refractivity contribution in [3.8, 4) is 0 Å². The zero-order valence-corrected chi connectivity index (χ0v) is 5.80.